The van der Waals surface area contributed by atoms with E-state index in [-0.39, 0.29) is 0 Å². The van der Waals surface area contributed by atoms with E-state index in [1.54, 1.807) is 12.1 Å². The number of benzene rings is 1. The molecule has 0 aliphatic carbocycles. The SMILES string of the molecule is O=P(O)(O)C(NCc1ccccc1)c1ccncc1. The van der Waals surface area contributed by atoms with Gasteiger partial charge in [0.05, 0.1) is 0 Å². The Hall–Kier alpha value is -1.52. The third-order valence-electron chi connectivity index (χ3n) is 2.70. The summed E-state index contributed by atoms with van der Waals surface area (Å²) >= 11 is 0. The first-order valence-corrected chi connectivity index (χ1v) is 7.48. The van der Waals surface area contributed by atoms with Gasteiger partial charge in [-0.05, 0) is 23.3 Å². The Morgan fingerprint density at radius 1 is 1.11 bits per heavy atom. The highest BCUT2D eigenvalue weighted by Gasteiger charge is 2.29. The van der Waals surface area contributed by atoms with Crippen LogP contribution in [0.4, 0.5) is 0 Å². The Balaban J connectivity index is 2.14. The molecule has 0 spiro atoms. The molecule has 0 amide bonds. The van der Waals surface area contributed by atoms with Crippen LogP contribution in [0.15, 0.2) is 54.9 Å². The number of nitrogens with one attached hydrogen (secondary N) is 1. The fraction of sp³-hybridized carbons (Fsp3) is 0.154. The molecule has 2 rings (SSSR count). The summed E-state index contributed by atoms with van der Waals surface area (Å²) in [6.07, 6.45) is 3.03. The first-order valence-electron chi connectivity index (χ1n) is 5.80. The lowest BCUT2D eigenvalue weighted by Crippen LogP contribution is -2.21. The molecule has 0 saturated heterocycles. The van der Waals surface area contributed by atoms with Crippen molar-refractivity contribution in [3.05, 3.63) is 66.0 Å². The molecule has 6 heteroatoms. The zero-order valence-electron chi connectivity index (χ0n) is 10.2. The second-order valence-electron chi connectivity index (χ2n) is 4.14. The molecule has 0 aliphatic rings. The first kappa shape index (κ1) is 13.9. The summed E-state index contributed by atoms with van der Waals surface area (Å²) in [7, 11) is -4.27. The molecule has 0 aliphatic heterocycles. The maximum atomic E-state index is 11.6. The average molecular weight is 278 g/mol. The molecule has 0 bridgehead atoms. The Morgan fingerprint density at radius 3 is 2.32 bits per heavy atom. The van der Waals surface area contributed by atoms with Gasteiger partial charge in [-0.1, -0.05) is 30.3 Å². The van der Waals surface area contributed by atoms with Gasteiger partial charge in [0.25, 0.3) is 0 Å². The summed E-state index contributed by atoms with van der Waals surface area (Å²) in [6, 6.07) is 12.7. The number of hydrogen-bond donors (Lipinski definition) is 3. The van der Waals surface area contributed by atoms with Crippen LogP contribution >= 0.6 is 7.60 Å². The second-order valence-corrected chi connectivity index (χ2v) is 5.83. The average Bonchev–Trinajstić information content (AvgIpc) is 2.40. The predicted molar refractivity (Wildman–Crippen MR) is 72.3 cm³/mol. The molecule has 0 radical (unpaired) electrons. The van der Waals surface area contributed by atoms with Crippen LogP contribution in [-0.4, -0.2) is 14.8 Å². The summed E-state index contributed by atoms with van der Waals surface area (Å²) in [5.41, 5.74) is 1.49. The van der Waals surface area contributed by atoms with Crippen LogP contribution in [0.1, 0.15) is 16.9 Å². The highest BCUT2D eigenvalue weighted by molar-refractivity contribution is 7.52. The van der Waals surface area contributed by atoms with Crippen molar-refractivity contribution in [3.8, 4) is 0 Å². The Morgan fingerprint density at radius 2 is 1.74 bits per heavy atom. The van der Waals surface area contributed by atoms with Gasteiger partial charge in [0, 0.05) is 18.9 Å². The van der Waals surface area contributed by atoms with Gasteiger partial charge < -0.3 is 9.79 Å². The Labute approximate surface area is 111 Å². The van der Waals surface area contributed by atoms with E-state index < -0.39 is 13.4 Å². The van der Waals surface area contributed by atoms with Crippen molar-refractivity contribution in [1.82, 2.24) is 10.3 Å². The zero-order chi connectivity index (χ0) is 13.7. The van der Waals surface area contributed by atoms with Crippen LogP contribution in [-0.2, 0) is 11.1 Å². The van der Waals surface area contributed by atoms with E-state index in [0.29, 0.717) is 12.1 Å². The van der Waals surface area contributed by atoms with Gasteiger partial charge >= 0.3 is 7.60 Å². The Bertz CT molecular complexity index is 557. The molecule has 1 unspecified atom stereocenters. The van der Waals surface area contributed by atoms with Crippen LogP contribution in [0.2, 0.25) is 0 Å². The lowest BCUT2D eigenvalue weighted by atomic mass is 10.2. The van der Waals surface area contributed by atoms with Gasteiger partial charge in [-0.15, -0.1) is 0 Å². The third-order valence-corrected chi connectivity index (χ3v) is 3.85. The molecule has 0 saturated carbocycles. The van der Waals surface area contributed by atoms with Crippen molar-refractivity contribution in [1.29, 1.82) is 0 Å². The van der Waals surface area contributed by atoms with Crippen molar-refractivity contribution in [2.24, 2.45) is 0 Å². The van der Waals surface area contributed by atoms with Gasteiger partial charge in [-0.25, -0.2) is 0 Å². The zero-order valence-corrected chi connectivity index (χ0v) is 11.1. The number of hydrogen-bond acceptors (Lipinski definition) is 3. The second kappa shape index (κ2) is 6.08. The van der Waals surface area contributed by atoms with Crippen LogP contribution in [0.25, 0.3) is 0 Å². The minimum absolute atomic E-state index is 0.388. The summed E-state index contributed by atoms with van der Waals surface area (Å²) in [4.78, 5) is 22.7. The van der Waals surface area contributed by atoms with Gasteiger partial charge in [0.15, 0.2) is 0 Å². The molecule has 0 fully saturated rings. The third kappa shape index (κ3) is 3.98. The van der Waals surface area contributed by atoms with E-state index in [0.717, 1.165) is 5.56 Å². The molecule has 19 heavy (non-hydrogen) atoms. The van der Waals surface area contributed by atoms with Crippen LogP contribution in [0.5, 0.6) is 0 Å². The van der Waals surface area contributed by atoms with Gasteiger partial charge in [0.1, 0.15) is 5.78 Å². The molecule has 5 nitrogen and oxygen atoms in total. The fourth-order valence-electron chi connectivity index (χ4n) is 1.79. The number of aromatic nitrogens is 1. The van der Waals surface area contributed by atoms with E-state index >= 15 is 0 Å². The van der Waals surface area contributed by atoms with Crippen LogP contribution in [0.3, 0.4) is 0 Å². The summed E-state index contributed by atoms with van der Waals surface area (Å²) in [6.45, 7) is 0.388. The molecular weight excluding hydrogens is 263 g/mol. The molecular formula is C13H15N2O3P. The van der Waals surface area contributed by atoms with Crippen LogP contribution in [0, 0.1) is 0 Å². The maximum Gasteiger partial charge on any atom is 0.346 e. The molecule has 1 atom stereocenters. The van der Waals surface area contributed by atoms with Crippen molar-refractivity contribution < 1.29 is 14.4 Å². The van der Waals surface area contributed by atoms with Crippen molar-refractivity contribution in [2.45, 2.75) is 12.3 Å². The van der Waals surface area contributed by atoms with Gasteiger partial charge in [-0.2, -0.15) is 0 Å². The summed E-state index contributed by atoms with van der Waals surface area (Å²) in [5, 5.41) is 2.90. The minimum Gasteiger partial charge on any atom is -0.323 e. The highest BCUT2D eigenvalue weighted by Crippen LogP contribution is 2.49. The molecule has 1 aromatic carbocycles. The summed E-state index contributed by atoms with van der Waals surface area (Å²) in [5.74, 6) is -1.02. The normalized spacial score (nSPS) is 13.2. The number of pyridine rings is 1. The minimum atomic E-state index is -4.27. The largest absolute Gasteiger partial charge is 0.346 e. The predicted octanol–water partition coefficient (Wildman–Crippen LogP) is 2.05. The molecule has 3 N–H and O–H groups in total. The van der Waals surface area contributed by atoms with Crippen LogP contribution < -0.4 is 5.32 Å². The highest BCUT2D eigenvalue weighted by atomic mass is 31.2. The lowest BCUT2D eigenvalue weighted by Gasteiger charge is -2.20. The molecule has 1 heterocycles. The van der Waals surface area contributed by atoms with E-state index in [9.17, 15) is 14.4 Å². The van der Waals surface area contributed by atoms with Crippen molar-refractivity contribution in [2.75, 3.05) is 0 Å². The van der Waals surface area contributed by atoms with Gasteiger partial charge in [-0.3, -0.25) is 14.9 Å². The fourth-order valence-corrected chi connectivity index (χ4v) is 2.68. The van der Waals surface area contributed by atoms with E-state index in [4.69, 9.17) is 0 Å². The number of nitrogens with zero attached hydrogens (tertiary/aromatic N) is 1. The van der Waals surface area contributed by atoms with E-state index in [1.807, 2.05) is 30.3 Å². The quantitative estimate of drug-likeness (QED) is 0.729. The summed E-state index contributed by atoms with van der Waals surface area (Å²) < 4.78 is 11.6. The lowest BCUT2D eigenvalue weighted by molar-refractivity contribution is 0.347. The van der Waals surface area contributed by atoms with E-state index in [1.165, 1.54) is 12.4 Å². The molecule has 2 aromatic rings. The Kier molecular flexibility index (Phi) is 4.45. The van der Waals surface area contributed by atoms with Crippen molar-refractivity contribution in [3.63, 3.8) is 0 Å². The number of rotatable bonds is 5. The smallest absolute Gasteiger partial charge is 0.323 e. The van der Waals surface area contributed by atoms with Crippen molar-refractivity contribution >= 4 is 7.60 Å². The van der Waals surface area contributed by atoms with E-state index in [2.05, 4.69) is 10.3 Å². The molecule has 1 aromatic heterocycles. The topological polar surface area (TPSA) is 82.5 Å². The molecule has 100 valence electrons. The maximum absolute atomic E-state index is 11.6. The first-order chi connectivity index (χ1) is 9.07. The standard InChI is InChI=1S/C13H15N2O3P/c16-19(17,18)13(12-6-8-14-9-7-12)15-10-11-4-2-1-3-5-11/h1-9,13,15H,10H2,(H2,16,17,18). The van der Waals surface area contributed by atoms with Gasteiger partial charge in [0.2, 0.25) is 0 Å². The monoisotopic (exact) mass is 278 g/mol.